The van der Waals surface area contributed by atoms with E-state index in [9.17, 15) is 15.8 Å². The van der Waals surface area contributed by atoms with Gasteiger partial charge in [0, 0.05) is 18.3 Å². The Kier molecular flexibility index (Phi) is 3.61. The minimum absolute atomic E-state index is 0.143. The van der Waals surface area contributed by atoms with Crippen molar-refractivity contribution in [2.75, 3.05) is 0 Å². The topological polar surface area (TPSA) is 110 Å². The van der Waals surface area contributed by atoms with Crippen LogP contribution in [0.15, 0.2) is 47.4 Å². The maximum absolute atomic E-state index is 10.00. The van der Waals surface area contributed by atoms with Gasteiger partial charge in [-0.05, 0) is 36.5 Å². The second kappa shape index (κ2) is 5.59. The van der Waals surface area contributed by atoms with Crippen molar-refractivity contribution in [3.05, 3.63) is 53.0 Å². The largest absolute Gasteiger partial charge is 0.399 e. The summed E-state index contributed by atoms with van der Waals surface area (Å²) in [6, 6.07) is 10.2. The van der Waals surface area contributed by atoms with E-state index in [2.05, 4.69) is 23.2 Å². The van der Waals surface area contributed by atoms with Crippen LogP contribution in [0.4, 0.5) is 0 Å². The van der Waals surface area contributed by atoms with E-state index in [1.54, 1.807) is 24.5 Å². The van der Waals surface area contributed by atoms with E-state index < -0.39 is 11.3 Å². The number of hydrogen-bond acceptors (Lipinski definition) is 5. The van der Waals surface area contributed by atoms with Gasteiger partial charge < -0.3 is 5.73 Å². The van der Waals surface area contributed by atoms with E-state index in [0.29, 0.717) is 11.1 Å². The highest BCUT2D eigenvalue weighted by molar-refractivity contribution is 5.60. The second-order valence-corrected chi connectivity index (χ2v) is 5.87. The lowest BCUT2D eigenvalue weighted by molar-refractivity contribution is 0.312. The third kappa shape index (κ3) is 1.93. The standard InChI is InChI=1S/C18H15N5/c19-8-15-13-5-1-2-6-14(13)16(9-20)18(11-21,17(15)22)12-4-3-7-23-10-12/h3-5,7,10,14,16H,1-2,6,22H2. The third-order valence-corrected chi connectivity index (χ3v) is 4.88. The molecular formula is C18H15N5. The lowest BCUT2D eigenvalue weighted by atomic mass is 9.56. The zero-order chi connectivity index (χ0) is 16.4. The highest BCUT2D eigenvalue weighted by atomic mass is 14.7. The minimum Gasteiger partial charge on any atom is -0.399 e. The van der Waals surface area contributed by atoms with Crippen LogP contribution in [0.25, 0.3) is 0 Å². The summed E-state index contributed by atoms with van der Waals surface area (Å²) in [5, 5.41) is 29.4. The maximum Gasteiger partial charge on any atom is 0.140 e. The Balaban J connectivity index is 2.36. The van der Waals surface area contributed by atoms with E-state index >= 15 is 0 Å². The number of hydrogen-bond donors (Lipinski definition) is 1. The average molecular weight is 301 g/mol. The van der Waals surface area contributed by atoms with Crippen LogP contribution in [0, 0.1) is 45.8 Å². The molecule has 2 aliphatic rings. The van der Waals surface area contributed by atoms with Gasteiger partial charge >= 0.3 is 0 Å². The molecule has 3 unspecified atom stereocenters. The first-order valence-corrected chi connectivity index (χ1v) is 7.52. The van der Waals surface area contributed by atoms with E-state index in [0.717, 1.165) is 24.8 Å². The number of rotatable bonds is 1. The Labute approximate surface area is 135 Å². The predicted molar refractivity (Wildman–Crippen MR) is 82.9 cm³/mol. The van der Waals surface area contributed by atoms with Crippen molar-refractivity contribution in [3.8, 4) is 18.2 Å². The number of aromatic nitrogens is 1. The van der Waals surface area contributed by atoms with Crippen LogP contribution in [0.1, 0.15) is 24.8 Å². The van der Waals surface area contributed by atoms with E-state index in [4.69, 9.17) is 5.73 Å². The van der Waals surface area contributed by atoms with Crippen LogP contribution in [0.3, 0.4) is 0 Å². The predicted octanol–water partition coefficient (Wildman–Crippen LogP) is 2.46. The molecule has 2 N–H and O–H groups in total. The third-order valence-electron chi connectivity index (χ3n) is 4.88. The van der Waals surface area contributed by atoms with Gasteiger partial charge in [0.2, 0.25) is 0 Å². The Bertz CT molecular complexity index is 816. The molecule has 3 rings (SSSR count). The van der Waals surface area contributed by atoms with Crippen molar-refractivity contribution in [2.45, 2.75) is 24.7 Å². The normalized spacial score (nSPS) is 29.5. The molecule has 23 heavy (non-hydrogen) atoms. The Morgan fingerprint density at radius 3 is 2.74 bits per heavy atom. The summed E-state index contributed by atoms with van der Waals surface area (Å²) in [4.78, 5) is 4.07. The van der Waals surface area contributed by atoms with Gasteiger partial charge in [-0.25, -0.2) is 0 Å². The Morgan fingerprint density at radius 1 is 1.30 bits per heavy atom. The monoisotopic (exact) mass is 301 g/mol. The molecule has 5 nitrogen and oxygen atoms in total. The van der Waals surface area contributed by atoms with Crippen molar-refractivity contribution in [1.29, 1.82) is 15.8 Å². The summed E-state index contributed by atoms with van der Waals surface area (Å²) >= 11 is 0. The SMILES string of the molecule is N#CC1=C(N)C(C#N)(c2cccnc2)C(C#N)C2CCCC=C12. The van der Waals surface area contributed by atoms with Crippen molar-refractivity contribution in [2.24, 2.45) is 17.6 Å². The molecule has 3 atom stereocenters. The van der Waals surface area contributed by atoms with Gasteiger partial charge in [0.1, 0.15) is 11.5 Å². The molecule has 0 amide bonds. The molecular weight excluding hydrogens is 286 g/mol. The van der Waals surface area contributed by atoms with E-state index in [1.165, 1.54) is 0 Å². The molecule has 112 valence electrons. The van der Waals surface area contributed by atoms with Crippen LogP contribution >= 0.6 is 0 Å². The smallest absolute Gasteiger partial charge is 0.140 e. The van der Waals surface area contributed by atoms with Crippen LogP contribution in [0.5, 0.6) is 0 Å². The van der Waals surface area contributed by atoms with Crippen molar-refractivity contribution in [1.82, 2.24) is 4.98 Å². The van der Waals surface area contributed by atoms with Crippen LogP contribution in [-0.2, 0) is 5.41 Å². The van der Waals surface area contributed by atoms with Gasteiger partial charge in [-0.1, -0.05) is 12.1 Å². The molecule has 0 saturated carbocycles. The fourth-order valence-corrected chi connectivity index (χ4v) is 3.79. The molecule has 0 fully saturated rings. The first-order valence-electron chi connectivity index (χ1n) is 7.52. The van der Waals surface area contributed by atoms with Crippen LogP contribution < -0.4 is 5.73 Å². The van der Waals surface area contributed by atoms with Gasteiger partial charge in [0.25, 0.3) is 0 Å². The number of nitrogens with zero attached hydrogens (tertiary/aromatic N) is 4. The molecule has 0 spiro atoms. The molecule has 2 aliphatic carbocycles. The molecule has 5 heteroatoms. The first-order chi connectivity index (χ1) is 11.2. The number of pyridine rings is 1. The fraction of sp³-hybridized carbons (Fsp3) is 0.333. The molecule has 1 heterocycles. The summed E-state index contributed by atoms with van der Waals surface area (Å²) in [5.41, 5.74) is 6.90. The molecule has 0 saturated heterocycles. The summed E-state index contributed by atoms with van der Waals surface area (Å²) in [6.07, 6.45) is 7.76. The van der Waals surface area contributed by atoms with Crippen LogP contribution in [-0.4, -0.2) is 4.98 Å². The minimum atomic E-state index is -1.33. The summed E-state index contributed by atoms with van der Waals surface area (Å²) in [5.74, 6) is -0.768. The van der Waals surface area contributed by atoms with Crippen molar-refractivity contribution < 1.29 is 0 Å². The Morgan fingerprint density at radius 2 is 2.13 bits per heavy atom. The van der Waals surface area contributed by atoms with Crippen LogP contribution in [0.2, 0.25) is 0 Å². The van der Waals surface area contributed by atoms with Gasteiger partial charge in [0.05, 0.1) is 29.3 Å². The molecule has 1 aromatic rings. The van der Waals surface area contributed by atoms with Gasteiger partial charge in [-0.2, -0.15) is 15.8 Å². The van der Waals surface area contributed by atoms with Gasteiger partial charge in [0.15, 0.2) is 0 Å². The summed E-state index contributed by atoms with van der Waals surface area (Å²) < 4.78 is 0. The summed E-state index contributed by atoms with van der Waals surface area (Å²) in [7, 11) is 0. The van der Waals surface area contributed by atoms with Crippen molar-refractivity contribution in [3.63, 3.8) is 0 Å². The number of allylic oxidation sites excluding steroid dienone is 4. The molecule has 0 radical (unpaired) electrons. The lowest BCUT2D eigenvalue weighted by Gasteiger charge is -2.43. The molecule has 0 aliphatic heterocycles. The first kappa shape index (κ1) is 14.8. The van der Waals surface area contributed by atoms with E-state index in [-0.39, 0.29) is 11.6 Å². The fourth-order valence-electron chi connectivity index (χ4n) is 3.79. The maximum atomic E-state index is 10.00. The molecule has 0 bridgehead atoms. The number of nitriles is 3. The number of nitrogens with two attached hydrogens (primary N) is 1. The highest BCUT2D eigenvalue weighted by Crippen LogP contribution is 2.52. The Hall–Kier alpha value is -3.10. The van der Waals surface area contributed by atoms with Gasteiger partial charge in [-0.15, -0.1) is 0 Å². The lowest BCUT2D eigenvalue weighted by Crippen LogP contribution is -2.47. The zero-order valence-corrected chi connectivity index (χ0v) is 12.5. The highest BCUT2D eigenvalue weighted by Gasteiger charge is 2.54. The van der Waals surface area contributed by atoms with Gasteiger partial charge in [-0.3, -0.25) is 4.98 Å². The zero-order valence-electron chi connectivity index (χ0n) is 12.5. The quantitative estimate of drug-likeness (QED) is 0.856. The second-order valence-electron chi connectivity index (χ2n) is 5.87. The van der Waals surface area contributed by atoms with E-state index in [1.807, 2.05) is 6.08 Å². The number of fused-ring (bicyclic) bond motifs is 1. The summed E-state index contributed by atoms with van der Waals surface area (Å²) in [6.45, 7) is 0. The average Bonchev–Trinajstić information content (AvgIpc) is 2.61. The molecule has 1 aromatic heterocycles. The molecule has 0 aromatic carbocycles. The van der Waals surface area contributed by atoms with Crippen molar-refractivity contribution >= 4 is 0 Å².